The van der Waals surface area contributed by atoms with Crippen molar-refractivity contribution >= 4 is 15.9 Å². The summed E-state index contributed by atoms with van der Waals surface area (Å²) in [7, 11) is 0. The molecular formula is C18H21BrO2. The van der Waals surface area contributed by atoms with E-state index in [2.05, 4.69) is 28.1 Å². The molecule has 0 aliphatic carbocycles. The van der Waals surface area contributed by atoms with E-state index >= 15 is 0 Å². The molecule has 0 saturated carbocycles. The Balaban J connectivity index is 1.60. The zero-order valence-electron chi connectivity index (χ0n) is 12.1. The van der Waals surface area contributed by atoms with Crippen LogP contribution in [-0.4, -0.2) is 18.5 Å². The summed E-state index contributed by atoms with van der Waals surface area (Å²) in [5, 5.41) is 0.979. The maximum absolute atomic E-state index is 5.77. The van der Waals surface area contributed by atoms with Crippen LogP contribution in [0.25, 0.3) is 0 Å². The van der Waals surface area contributed by atoms with E-state index in [4.69, 9.17) is 9.47 Å². The zero-order valence-corrected chi connectivity index (χ0v) is 13.7. The van der Waals surface area contributed by atoms with Gasteiger partial charge in [0.05, 0.1) is 13.2 Å². The van der Waals surface area contributed by atoms with Gasteiger partial charge in [0.15, 0.2) is 0 Å². The number of hydrogen-bond donors (Lipinski definition) is 0. The van der Waals surface area contributed by atoms with Crippen LogP contribution in [0.3, 0.4) is 0 Å². The third kappa shape index (κ3) is 6.21. The number of para-hydroxylation sites is 1. The number of aryl methyl sites for hydroxylation is 1. The first-order valence-corrected chi connectivity index (χ1v) is 8.46. The molecular weight excluding hydrogens is 328 g/mol. The largest absolute Gasteiger partial charge is 0.494 e. The molecule has 2 rings (SSSR count). The van der Waals surface area contributed by atoms with Gasteiger partial charge in [0, 0.05) is 5.33 Å². The fraction of sp³-hybridized carbons (Fsp3) is 0.333. The molecule has 2 aromatic carbocycles. The predicted octanol–water partition coefficient (Wildman–Crippen LogP) is 4.86. The van der Waals surface area contributed by atoms with E-state index in [1.54, 1.807) is 0 Å². The van der Waals surface area contributed by atoms with Crippen LogP contribution in [0.2, 0.25) is 0 Å². The van der Waals surface area contributed by atoms with Crippen LogP contribution in [0.4, 0.5) is 0 Å². The Morgan fingerprint density at radius 3 is 2.14 bits per heavy atom. The normalized spacial score (nSPS) is 10.3. The van der Waals surface area contributed by atoms with Gasteiger partial charge < -0.3 is 9.47 Å². The van der Waals surface area contributed by atoms with Gasteiger partial charge in [0.1, 0.15) is 11.5 Å². The molecule has 0 saturated heterocycles. The number of rotatable bonds is 9. The predicted molar refractivity (Wildman–Crippen MR) is 90.6 cm³/mol. The molecule has 0 aromatic heterocycles. The first kappa shape index (κ1) is 15.9. The van der Waals surface area contributed by atoms with E-state index < -0.39 is 0 Å². The van der Waals surface area contributed by atoms with Gasteiger partial charge in [-0.1, -0.05) is 46.3 Å². The van der Waals surface area contributed by atoms with Crippen molar-refractivity contribution in [3.63, 3.8) is 0 Å². The quantitative estimate of drug-likeness (QED) is 0.475. The van der Waals surface area contributed by atoms with Crippen LogP contribution < -0.4 is 9.47 Å². The van der Waals surface area contributed by atoms with Crippen LogP contribution in [-0.2, 0) is 6.42 Å². The third-order valence-corrected chi connectivity index (χ3v) is 3.50. The Morgan fingerprint density at radius 1 is 0.762 bits per heavy atom. The Bertz CT molecular complexity index is 514. The maximum atomic E-state index is 5.77. The van der Waals surface area contributed by atoms with Gasteiger partial charge in [-0.3, -0.25) is 0 Å². The monoisotopic (exact) mass is 348 g/mol. The molecule has 0 aliphatic heterocycles. The van der Waals surface area contributed by atoms with Gasteiger partial charge in [0.2, 0.25) is 0 Å². The number of alkyl halides is 1. The average molecular weight is 349 g/mol. The fourth-order valence-corrected chi connectivity index (χ4v) is 2.46. The van der Waals surface area contributed by atoms with Crippen molar-refractivity contribution in [2.75, 3.05) is 18.5 Å². The molecule has 0 heterocycles. The molecule has 3 heteroatoms. The molecule has 0 amide bonds. The highest BCUT2D eigenvalue weighted by atomic mass is 79.9. The molecule has 0 atom stereocenters. The summed E-state index contributed by atoms with van der Waals surface area (Å²) in [5.41, 5.74) is 1.30. The number of halogens is 1. The molecule has 0 fully saturated rings. The summed E-state index contributed by atoms with van der Waals surface area (Å²) in [6.45, 7) is 1.47. The van der Waals surface area contributed by atoms with Crippen molar-refractivity contribution in [2.24, 2.45) is 0 Å². The van der Waals surface area contributed by atoms with Gasteiger partial charge in [0.25, 0.3) is 0 Å². The highest BCUT2D eigenvalue weighted by molar-refractivity contribution is 9.09. The molecule has 0 N–H and O–H groups in total. The van der Waals surface area contributed by atoms with Crippen LogP contribution >= 0.6 is 15.9 Å². The van der Waals surface area contributed by atoms with Gasteiger partial charge >= 0.3 is 0 Å². The molecule has 0 spiro atoms. The molecule has 0 bridgehead atoms. The fourth-order valence-electron chi connectivity index (χ4n) is 2.00. The molecule has 21 heavy (non-hydrogen) atoms. The van der Waals surface area contributed by atoms with Gasteiger partial charge in [-0.25, -0.2) is 0 Å². The minimum absolute atomic E-state index is 0.732. The average Bonchev–Trinajstić information content (AvgIpc) is 2.52. The molecule has 0 unspecified atom stereocenters. The second-order valence-electron chi connectivity index (χ2n) is 4.80. The standard InChI is InChI=1S/C18H21BrO2/c19-12-11-16-7-6-10-18(15-16)21-14-5-4-13-20-17-8-2-1-3-9-17/h1-3,6-10,15H,4-5,11-14H2. The lowest BCUT2D eigenvalue weighted by molar-refractivity contribution is 0.266. The number of ether oxygens (including phenoxy) is 2. The van der Waals surface area contributed by atoms with Crippen molar-refractivity contribution in [3.05, 3.63) is 60.2 Å². The van der Waals surface area contributed by atoms with Crippen LogP contribution in [0.5, 0.6) is 11.5 Å². The summed E-state index contributed by atoms with van der Waals surface area (Å²) >= 11 is 3.46. The van der Waals surface area contributed by atoms with Crippen LogP contribution in [0.15, 0.2) is 54.6 Å². The van der Waals surface area contributed by atoms with Crippen LogP contribution in [0.1, 0.15) is 18.4 Å². The summed E-state index contributed by atoms with van der Waals surface area (Å²) in [6, 6.07) is 18.2. The number of benzene rings is 2. The minimum Gasteiger partial charge on any atom is -0.494 e. The maximum Gasteiger partial charge on any atom is 0.119 e. The van der Waals surface area contributed by atoms with Gasteiger partial charge in [-0.05, 0) is 49.1 Å². The van der Waals surface area contributed by atoms with Gasteiger partial charge in [-0.15, -0.1) is 0 Å². The van der Waals surface area contributed by atoms with E-state index in [0.717, 1.165) is 49.3 Å². The minimum atomic E-state index is 0.732. The van der Waals surface area contributed by atoms with E-state index in [0.29, 0.717) is 0 Å². The Hall–Kier alpha value is -1.48. The molecule has 2 aromatic rings. The third-order valence-electron chi connectivity index (χ3n) is 3.10. The van der Waals surface area contributed by atoms with Crippen molar-refractivity contribution in [2.45, 2.75) is 19.3 Å². The Labute approximate surface area is 135 Å². The molecule has 0 aliphatic rings. The van der Waals surface area contributed by atoms with Crippen molar-refractivity contribution in [1.82, 2.24) is 0 Å². The highest BCUT2D eigenvalue weighted by Gasteiger charge is 1.97. The first-order valence-electron chi connectivity index (χ1n) is 7.34. The Morgan fingerprint density at radius 2 is 1.43 bits per heavy atom. The zero-order chi connectivity index (χ0) is 14.8. The Kier molecular flexibility index (Phi) is 7.16. The number of unbranched alkanes of at least 4 members (excludes halogenated alkanes) is 1. The van der Waals surface area contributed by atoms with Gasteiger partial charge in [-0.2, -0.15) is 0 Å². The van der Waals surface area contributed by atoms with Crippen molar-refractivity contribution in [3.8, 4) is 11.5 Å². The molecule has 2 nitrogen and oxygen atoms in total. The summed E-state index contributed by atoms with van der Waals surface area (Å²) in [5.74, 6) is 1.89. The van der Waals surface area contributed by atoms with Crippen LogP contribution in [0, 0.1) is 0 Å². The smallest absolute Gasteiger partial charge is 0.119 e. The topological polar surface area (TPSA) is 18.5 Å². The van der Waals surface area contributed by atoms with Crippen molar-refractivity contribution < 1.29 is 9.47 Å². The first-order chi connectivity index (χ1) is 10.4. The second kappa shape index (κ2) is 9.46. The molecule has 0 radical (unpaired) electrons. The summed E-state index contributed by atoms with van der Waals surface area (Å²) in [6.07, 6.45) is 3.02. The summed E-state index contributed by atoms with van der Waals surface area (Å²) in [4.78, 5) is 0. The lowest BCUT2D eigenvalue weighted by Crippen LogP contribution is -2.02. The number of hydrogen-bond acceptors (Lipinski definition) is 2. The molecule has 112 valence electrons. The lowest BCUT2D eigenvalue weighted by atomic mass is 10.2. The lowest BCUT2D eigenvalue weighted by Gasteiger charge is -2.08. The second-order valence-corrected chi connectivity index (χ2v) is 5.60. The highest BCUT2D eigenvalue weighted by Crippen LogP contribution is 2.15. The summed E-state index contributed by atoms with van der Waals surface area (Å²) < 4.78 is 11.4. The van der Waals surface area contributed by atoms with E-state index in [1.807, 2.05) is 42.5 Å². The van der Waals surface area contributed by atoms with E-state index in [-0.39, 0.29) is 0 Å². The van der Waals surface area contributed by atoms with E-state index in [9.17, 15) is 0 Å². The van der Waals surface area contributed by atoms with Crippen molar-refractivity contribution in [1.29, 1.82) is 0 Å². The SMILES string of the molecule is BrCCc1cccc(OCCCCOc2ccccc2)c1. The van der Waals surface area contributed by atoms with E-state index in [1.165, 1.54) is 5.56 Å².